The van der Waals surface area contributed by atoms with E-state index >= 15 is 0 Å². The van der Waals surface area contributed by atoms with Gasteiger partial charge in [-0.25, -0.2) is 0 Å². The molecule has 70 valence electrons. The van der Waals surface area contributed by atoms with E-state index in [1.807, 2.05) is 6.20 Å². The highest BCUT2D eigenvalue weighted by Gasteiger charge is 2.39. The Morgan fingerprint density at radius 1 is 1.38 bits per heavy atom. The highest BCUT2D eigenvalue weighted by molar-refractivity contribution is 9.10. The second kappa shape index (κ2) is 3.09. The molecule has 0 amide bonds. The maximum Gasteiger partial charge on any atom is 0.0463 e. The Kier molecular flexibility index (Phi) is 2.18. The summed E-state index contributed by atoms with van der Waals surface area (Å²) in [6.45, 7) is 4.59. The molecule has 0 unspecified atom stereocenters. The fourth-order valence-electron chi connectivity index (χ4n) is 1.77. The minimum Gasteiger partial charge on any atom is -0.260 e. The summed E-state index contributed by atoms with van der Waals surface area (Å²) in [6, 6.07) is 4.20. The van der Waals surface area contributed by atoms with Gasteiger partial charge in [0, 0.05) is 21.8 Å². The minimum atomic E-state index is 0.265. The molecule has 13 heavy (non-hydrogen) atoms. The van der Waals surface area contributed by atoms with Crippen LogP contribution in [0.1, 0.15) is 32.4 Å². The average molecular weight is 240 g/mol. The number of nitrogens with zero attached hydrogens (tertiary/aromatic N) is 1. The van der Waals surface area contributed by atoms with Crippen molar-refractivity contribution in [2.75, 3.05) is 0 Å². The average Bonchev–Trinajstić information content (AvgIpc) is 2.87. The van der Waals surface area contributed by atoms with Crippen molar-refractivity contribution in [1.82, 2.24) is 4.98 Å². The van der Waals surface area contributed by atoms with Crippen LogP contribution in [0.15, 0.2) is 22.8 Å². The number of pyridine rings is 1. The van der Waals surface area contributed by atoms with Crippen molar-refractivity contribution in [2.45, 2.75) is 32.1 Å². The summed E-state index contributed by atoms with van der Waals surface area (Å²) in [7, 11) is 0. The van der Waals surface area contributed by atoms with Crippen molar-refractivity contribution < 1.29 is 0 Å². The third-order valence-electron chi connectivity index (χ3n) is 2.99. The molecule has 1 saturated carbocycles. The second-order valence-electron chi connectivity index (χ2n) is 4.36. The fourth-order valence-corrected chi connectivity index (χ4v) is 2.01. The summed E-state index contributed by atoms with van der Waals surface area (Å²) in [4.78, 5) is 4.46. The summed E-state index contributed by atoms with van der Waals surface area (Å²) in [5.74, 6) is 0.848. The number of hydrogen-bond acceptors (Lipinski definition) is 1. The molecule has 1 fully saturated rings. The molecule has 0 aromatic carbocycles. The van der Waals surface area contributed by atoms with E-state index in [9.17, 15) is 0 Å². The molecule has 1 aliphatic rings. The normalized spacial score (nSPS) is 17.5. The van der Waals surface area contributed by atoms with E-state index in [2.05, 4.69) is 46.9 Å². The summed E-state index contributed by atoms with van der Waals surface area (Å²) < 4.78 is 1.06. The second-order valence-corrected chi connectivity index (χ2v) is 5.27. The molecule has 2 heteroatoms. The van der Waals surface area contributed by atoms with Crippen molar-refractivity contribution >= 4 is 15.9 Å². The van der Waals surface area contributed by atoms with Gasteiger partial charge < -0.3 is 0 Å². The van der Waals surface area contributed by atoms with Gasteiger partial charge in [-0.3, -0.25) is 4.98 Å². The Balaban J connectivity index is 2.28. The van der Waals surface area contributed by atoms with Crippen molar-refractivity contribution in [1.29, 1.82) is 0 Å². The van der Waals surface area contributed by atoms with Crippen LogP contribution < -0.4 is 0 Å². The van der Waals surface area contributed by atoms with Gasteiger partial charge in [0.15, 0.2) is 0 Å². The molecule has 1 aliphatic carbocycles. The lowest BCUT2D eigenvalue weighted by Gasteiger charge is -2.23. The first-order chi connectivity index (χ1) is 6.10. The first-order valence-corrected chi connectivity index (χ1v) is 5.52. The van der Waals surface area contributed by atoms with Crippen LogP contribution in [0.3, 0.4) is 0 Å². The molecule has 1 nitrogen and oxygen atoms in total. The predicted octanol–water partition coefficient (Wildman–Crippen LogP) is 3.53. The Morgan fingerprint density at radius 2 is 2.08 bits per heavy atom. The van der Waals surface area contributed by atoms with Crippen LogP contribution in [0.5, 0.6) is 0 Å². The van der Waals surface area contributed by atoms with Crippen LogP contribution in [0, 0.1) is 5.92 Å². The molecule has 2 rings (SSSR count). The Hall–Kier alpha value is -0.370. The Labute approximate surface area is 87.7 Å². The van der Waals surface area contributed by atoms with Gasteiger partial charge >= 0.3 is 0 Å². The zero-order valence-electron chi connectivity index (χ0n) is 8.05. The summed E-state index contributed by atoms with van der Waals surface area (Å²) in [5.41, 5.74) is 1.49. The van der Waals surface area contributed by atoms with Gasteiger partial charge in [-0.2, -0.15) is 0 Å². The Morgan fingerprint density at radius 3 is 2.54 bits per heavy atom. The van der Waals surface area contributed by atoms with E-state index in [1.54, 1.807) is 0 Å². The number of rotatable bonds is 2. The zero-order chi connectivity index (χ0) is 9.47. The third-order valence-corrected chi connectivity index (χ3v) is 3.45. The number of halogens is 1. The van der Waals surface area contributed by atoms with E-state index in [4.69, 9.17) is 0 Å². The van der Waals surface area contributed by atoms with Crippen molar-refractivity contribution in [2.24, 2.45) is 5.92 Å². The van der Waals surface area contributed by atoms with Crippen LogP contribution in [-0.2, 0) is 5.41 Å². The van der Waals surface area contributed by atoms with Crippen molar-refractivity contribution in [3.63, 3.8) is 0 Å². The molecule has 1 heterocycles. The minimum absolute atomic E-state index is 0.265. The largest absolute Gasteiger partial charge is 0.260 e. The Bertz CT molecular complexity index is 298. The highest BCUT2D eigenvalue weighted by atomic mass is 79.9. The zero-order valence-corrected chi connectivity index (χ0v) is 9.63. The summed E-state index contributed by atoms with van der Waals surface area (Å²) in [5, 5.41) is 0. The first-order valence-electron chi connectivity index (χ1n) is 4.73. The highest BCUT2D eigenvalue weighted by Crippen LogP contribution is 2.46. The molecule has 0 N–H and O–H groups in total. The molecule has 0 bridgehead atoms. The van der Waals surface area contributed by atoms with Crippen LogP contribution in [-0.4, -0.2) is 4.98 Å². The van der Waals surface area contributed by atoms with E-state index in [0.29, 0.717) is 0 Å². The molecule has 0 aliphatic heterocycles. The van der Waals surface area contributed by atoms with Gasteiger partial charge in [0.2, 0.25) is 0 Å². The molecule has 0 saturated heterocycles. The summed E-state index contributed by atoms with van der Waals surface area (Å²) in [6.07, 6.45) is 4.62. The lowest BCUT2D eigenvalue weighted by Crippen LogP contribution is -2.21. The van der Waals surface area contributed by atoms with Crippen LogP contribution in [0.2, 0.25) is 0 Å². The molecular weight excluding hydrogens is 226 g/mol. The van der Waals surface area contributed by atoms with Gasteiger partial charge in [-0.05, 0) is 46.8 Å². The smallest absolute Gasteiger partial charge is 0.0463 e. The standard InChI is InChI=1S/C11H14BrN/c1-11(2,8-3-4-8)10-6-5-9(12)7-13-10/h5-8H,3-4H2,1-2H3. The van der Waals surface area contributed by atoms with Gasteiger partial charge in [0.1, 0.15) is 0 Å². The van der Waals surface area contributed by atoms with E-state index in [1.165, 1.54) is 18.5 Å². The predicted molar refractivity (Wildman–Crippen MR) is 57.7 cm³/mol. The lowest BCUT2D eigenvalue weighted by atomic mass is 9.83. The van der Waals surface area contributed by atoms with Crippen LogP contribution in [0.4, 0.5) is 0 Å². The third kappa shape index (κ3) is 1.78. The molecule has 1 aromatic heterocycles. The van der Waals surface area contributed by atoms with Crippen molar-refractivity contribution in [3.8, 4) is 0 Å². The number of aromatic nitrogens is 1. The van der Waals surface area contributed by atoms with Crippen molar-refractivity contribution in [3.05, 3.63) is 28.5 Å². The van der Waals surface area contributed by atoms with Gasteiger partial charge in [-0.15, -0.1) is 0 Å². The van der Waals surface area contributed by atoms with Gasteiger partial charge in [-0.1, -0.05) is 13.8 Å². The number of hydrogen-bond donors (Lipinski definition) is 0. The SMILES string of the molecule is CC(C)(c1ccc(Br)cn1)C1CC1. The molecule has 0 radical (unpaired) electrons. The molecular formula is C11H14BrN. The maximum atomic E-state index is 4.46. The maximum absolute atomic E-state index is 4.46. The first kappa shape index (κ1) is 9.20. The van der Waals surface area contributed by atoms with E-state index < -0.39 is 0 Å². The topological polar surface area (TPSA) is 12.9 Å². The van der Waals surface area contributed by atoms with E-state index in [-0.39, 0.29) is 5.41 Å². The monoisotopic (exact) mass is 239 g/mol. The molecule has 0 spiro atoms. The van der Waals surface area contributed by atoms with Crippen LogP contribution >= 0.6 is 15.9 Å². The summed E-state index contributed by atoms with van der Waals surface area (Å²) >= 11 is 3.40. The van der Waals surface area contributed by atoms with Crippen LogP contribution in [0.25, 0.3) is 0 Å². The molecule has 1 aromatic rings. The lowest BCUT2D eigenvalue weighted by molar-refractivity contribution is 0.440. The fraction of sp³-hybridized carbons (Fsp3) is 0.545. The molecule has 0 atom stereocenters. The quantitative estimate of drug-likeness (QED) is 0.770. The van der Waals surface area contributed by atoms with Gasteiger partial charge in [0.05, 0.1) is 0 Å². The van der Waals surface area contributed by atoms with E-state index in [0.717, 1.165) is 10.4 Å². The van der Waals surface area contributed by atoms with Gasteiger partial charge in [0.25, 0.3) is 0 Å².